The third kappa shape index (κ3) is 5.14. The number of rotatable bonds is 4. The minimum Gasteiger partial charge on any atom is -0.365 e. The second-order valence-corrected chi connectivity index (χ2v) is 10.1. The summed E-state index contributed by atoms with van der Waals surface area (Å²) in [6.45, 7) is 6.73. The average molecular weight is 446 g/mol. The number of amides is 2. The van der Waals surface area contributed by atoms with Crippen LogP contribution in [-0.2, 0) is 24.7 Å². The lowest BCUT2D eigenvalue weighted by Crippen LogP contribution is -2.33. The summed E-state index contributed by atoms with van der Waals surface area (Å²) in [5, 5.41) is 10.4. The molecule has 0 aromatic carbocycles. The summed E-state index contributed by atoms with van der Waals surface area (Å²) in [6, 6.07) is 0. The molecule has 0 aliphatic heterocycles. The molecule has 2 aromatic rings. The van der Waals surface area contributed by atoms with Crippen molar-refractivity contribution in [3.8, 4) is 0 Å². The number of primary amides is 1. The Morgan fingerprint density at radius 3 is 2.73 bits per heavy atom. The van der Waals surface area contributed by atoms with Crippen LogP contribution in [0.4, 0.5) is 5.00 Å². The highest BCUT2D eigenvalue weighted by Gasteiger charge is 2.33. The Bertz CT molecular complexity index is 1010. The van der Waals surface area contributed by atoms with E-state index in [0.717, 1.165) is 30.4 Å². The van der Waals surface area contributed by atoms with Crippen molar-refractivity contribution in [2.75, 3.05) is 5.32 Å². The second-order valence-electron chi connectivity index (χ2n) is 8.60. The molecule has 4 N–H and O–H groups in total. The number of hydrogen-bond acceptors (Lipinski definition) is 5. The summed E-state index contributed by atoms with van der Waals surface area (Å²) in [5.41, 5.74) is 8.19. The molecule has 1 aliphatic carbocycles. The molecule has 0 saturated heterocycles. The smallest absolute Gasteiger partial charge is 0.251 e. The third-order valence-corrected chi connectivity index (χ3v) is 6.73. The minimum absolute atomic E-state index is 0.129. The maximum atomic E-state index is 12.1. The molecule has 1 unspecified atom stereocenters. The highest BCUT2D eigenvalue weighted by Crippen LogP contribution is 2.44. The number of carbonyl (C=O) groups excluding carboxylic acids is 2. The Balaban J connectivity index is 1.70. The maximum absolute atomic E-state index is 12.1. The predicted octanol–water partition coefficient (Wildman–Crippen LogP) is 3.26. The number of thiophene rings is 1. The molecule has 2 heterocycles. The Labute approximate surface area is 185 Å². The molecule has 0 spiro atoms. The summed E-state index contributed by atoms with van der Waals surface area (Å²) in [6.07, 6.45) is 9.23. The lowest BCUT2D eigenvalue weighted by molar-refractivity contribution is -0.115. The summed E-state index contributed by atoms with van der Waals surface area (Å²) in [5.74, 6) is -0.303. The molecule has 2 amide bonds. The zero-order valence-electron chi connectivity index (χ0n) is 17.6. The molecule has 160 valence electrons. The Hall–Kier alpha value is -2.52. The quantitative estimate of drug-likeness (QED) is 0.495. The fourth-order valence-corrected chi connectivity index (χ4v) is 5.26. The number of carbonyl (C=O) groups is 2. The van der Waals surface area contributed by atoms with Crippen LogP contribution in [0.3, 0.4) is 0 Å². The van der Waals surface area contributed by atoms with Gasteiger partial charge in [0.15, 0.2) is 5.11 Å². The van der Waals surface area contributed by atoms with Crippen molar-refractivity contribution < 1.29 is 9.59 Å². The standard InChI is InChI=1S/C21H27N5O2S2/c1-21(2,3)13-6-7-14-15(9-13)30-19(17(14)18(22)28)25-20(29)24-16(27)8-5-12-10-23-26(4)11-12/h5,8,10-11,13H,6-7,9H2,1-4H3,(H2,22,28)(H2,24,25,27,29)/b8-5+. The van der Waals surface area contributed by atoms with Crippen molar-refractivity contribution in [1.82, 2.24) is 15.1 Å². The van der Waals surface area contributed by atoms with Crippen molar-refractivity contribution in [3.63, 3.8) is 0 Å². The van der Waals surface area contributed by atoms with Gasteiger partial charge in [-0.1, -0.05) is 20.8 Å². The van der Waals surface area contributed by atoms with Gasteiger partial charge in [-0.05, 0) is 54.5 Å². The lowest BCUT2D eigenvalue weighted by atomic mass is 9.72. The largest absolute Gasteiger partial charge is 0.365 e. The monoisotopic (exact) mass is 445 g/mol. The van der Waals surface area contributed by atoms with Crippen LogP contribution in [0.1, 0.15) is 53.6 Å². The van der Waals surface area contributed by atoms with Gasteiger partial charge in [0.1, 0.15) is 5.00 Å². The number of aromatic nitrogens is 2. The molecule has 3 rings (SSSR count). The van der Waals surface area contributed by atoms with Crippen LogP contribution in [0.5, 0.6) is 0 Å². The van der Waals surface area contributed by atoms with Gasteiger partial charge in [-0.15, -0.1) is 11.3 Å². The minimum atomic E-state index is -0.477. The van der Waals surface area contributed by atoms with E-state index < -0.39 is 5.91 Å². The SMILES string of the molecule is Cn1cc(/C=C/C(=O)NC(=S)Nc2sc3c(c2C(N)=O)CCC(C(C)(C)C)C3)cn1. The van der Waals surface area contributed by atoms with Crippen LogP contribution in [0.15, 0.2) is 18.5 Å². The van der Waals surface area contributed by atoms with Gasteiger partial charge in [0, 0.05) is 29.8 Å². The van der Waals surface area contributed by atoms with Crippen LogP contribution >= 0.6 is 23.6 Å². The number of thiocarbonyl (C=S) groups is 1. The molecule has 1 aliphatic rings. The summed E-state index contributed by atoms with van der Waals surface area (Å²) >= 11 is 6.78. The molecular weight excluding hydrogens is 418 g/mol. The third-order valence-electron chi connectivity index (χ3n) is 5.35. The maximum Gasteiger partial charge on any atom is 0.251 e. The topological polar surface area (TPSA) is 102 Å². The van der Waals surface area contributed by atoms with E-state index in [2.05, 4.69) is 36.5 Å². The fraction of sp³-hybridized carbons (Fsp3) is 0.429. The Kier molecular flexibility index (Phi) is 6.42. The first-order valence-electron chi connectivity index (χ1n) is 9.77. The lowest BCUT2D eigenvalue weighted by Gasteiger charge is -2.33. The summed E-state index contributed by atoms with van der Waals surface area (Å²) < 4.78 is 1.65. The van der Waals surface area contributed by atoms with Crippen molar-refractivity contribution in [2.45, 2.75) is 40.0 Å². The normalized spacial score (nSPS) is 16.3. The van der Waals surface area contributed by atoms with Gasteiger partial charge in [-0.25, -0.2) is 0 Å². The zero-order valence-corrected chi connectivity index (χ0v) is 19.2. The molecule has 0 radical (unpaired) electrons. The van der Waals surface area contributed by atoms with Crippen LogP contribution in [0, 0.1) is 11.3 Å². The molecule has 7 nitrogen and oxygen atoms in total. The number of nitrogens with zero attached hydrogens (tertiary/aromatic N) is 2. The van der Waals surface area contributed by atoms with Gasteiger partial charge >= 0.3 is 0 Å². The van der Waals surface area contributed by atoms with Gasteiger partial charge in [0.25, 0.3) is 5.91 Å². The van der Waals surface area contributed by atoms with E-state index in [0.29, 0.717) is 16.5 Å². The molecule has 0 bridgehead atoms. The number of nitrogens with two attached hydrogens (primary N) is 1. The Morgan fingerprint density at radius 1 is 1.40 bits per heavy atom. The van der Waals surface area contributed by atoms with Crippen molar-refractivity contribution in [3.05, 3.63) is 40.0 Å². The first-order chi connectivity index (χ1) is 14.0. The van der Waals surface area contributed by atoms with E-state index in [9.17, 15) is 9.59 Å². The number of hydrogen-bond donors (Lipinski definition) is 3. The van der Waals surface area contributed by atoms with Gasteiger partial charge in [0.2, 0.25) is 5.91 Å². The van der Waals surface area contributed by atoms with Gasteiger partial charge in [-0.2, -0.15) is 5.10 Å². The predicted molar refractivity (Wildman–Crippen MR) is 124 cm³/mol. The first kappa shape index (κ1) is 22.2. The van der Waals surface area contributed by atoms with Crippen LogP contribution in [0.25, 0.3) is 6.08 Å². The highest BCUT2D eigenvalue weighted by molar-refractivity contribution is 7.80. The van der Waals surface area contributed by atoms with Gasteiger partial charge in [0.05, 0.1) is 11.8 Å². The first-order valence-corrected chi connectivity index (χ1v) is 11.0. The van der Waals surface area contributed by atoms with E-state index >= 15 is 0 Å². The molecule has 2 aromatic heterocycles. The number of anilines is 1. The number of aryl methyl sites for hydroxylation is 1. The molecular formula is C21H27N5O2S2. The number of nitrogens with one attached hydrogen (secondary N) is 2. The molecule has 0 saturated carbocycles. The number of fused-ring (bicyclic) bond motifs is 1. The van der Waals surface area contributed by atoms with E-state index in [4.69, 9.17) is 18.0 Å². The molecule has 30 heavy (non-hydrogen) atoms. The van der Waals surface area contributed by atoms with E-state index in [-0.39, 0.29) is 16.4 Å². The van der Waals surface area contributed by atoms with E-state index in [1.54, 1.807) is 30.2 Å². The van der Waals surface area contributed by atoms with E-state index in [1.165, 1.54) is 22.3 Å². The van der Waals surface area contributed by atoms with Crippen molar-refractivity contribution in [1.29, 1.82) is 0 Å². The summed E-state index contributed by atoms with van der Waals surface area (Å²) in [7, 11) is 1.80. The van der Waals surface area contributed by atoms with Crippen LogP contribution in [-0.4, -0.2) is 26.7 Å². The average Bonchev–Trinajstić information content (AvgIpc) is 3.21. The molecule has 9 heteroatoms. The van der Waals surface area contributed by atoms with Crippen LogP contribution < -0.4 is 16.4 Å². The van der Waals surface area contributed by atoms with Gasteiger partial charge in [-0.3, -0.25) is 19.6 Å². The van der Waals surface area contributed by atoms with Gasteiger partial charge < -0.3 is 11.1 Å². The van der Waals surface area contributed by atoms with Crippen LogP contribution in [0.2, 0.25) is 0 Å². The zero-order chi connectivity index (χ0) is 22.1. The summed E-state index contributed by atoms with van der Waals surface area (Å²) in [4.78, 5) is 25.5. The van der Waals surface area contributed by atoms with Crippen molar-refractivity contribution in [2.24, 2.45) is 24.1 Å². The van der Waals surface area contributed by atoms with Crippen molar-refractivity contribution >= 4 is 51.6 Å². The Morgan fingerprint density at radius 2 is 2.13 bits per heavy atom. The molecule has 0 fully saturated rings. The van der Waals surface area contributed by atoms with E-state index in [1.807, 2.05) is 0 Å². The second kappa shape index (κ2) is 8.69. The molecule has 1 atom stereocenters. The highest BCUT2D eigenvalue weighted by atomic mass is 32.1. The fourth-order valence-electron chi connectivity index (χ4n) is 3.66.